The monoisotopic (exact) mass is 477 g/mol. The maximum absolute atomic E-state index is 5.26. The molecule has 2 N–H and O–H groups in total. The van der Waals surface area contributed by atoms with E-state index in [0.717, 1.165) is 37.7 Å². The predicted octanol–water partition coefficient (Wildman–Crippen LogP) is 3.87. The SMILES string of the molecule is CCNC(=NCc1sccc1C)NCCCc1nc(C(C)C)no1.I. The van der Waals surface area contributed by atoms with Crippen LogP contribution in [0.2, 0.25) is 0 Å². The lowest BCUT2D eigenvalue weighted by Gasteiger charge is -2.10. The second-order valence-electron chi connectivity index (χ2n) is 5.95. The second-order valence-corrected chi connectivity index (χ2v) is 6.95. The Balaban J connectivity index is 0.00000312. The van der Waals surface area contributed by atoms with E-state index in [4.69, 9.17) is 4.52 Å². The Morgan fingerprint density at radius 2 is 2.16 bits per heavy atom. The van der Waals surface area contributed by atoms with Gasteiger partial charge in [-0.2, -0.15) is 4.98 Å². The highest BCUT2D eigenvalue weighted by Crippen LogP contribution is 2.16. The fourth-order valence-electron chi connectivity index (χ4n) is 2.11. The molecule has 8 heteroatoms. The number of hydrogen-bond acceptors (Lipinski definition) is 5. The van der Waals surface area contributed by atoms with Crippen LogP contribution in [0.3, 0.4) is 0 Å². The molecule has 0 bridgehead atoms. The minimum atomic E-state index is 0. The summed E-state index contributed by atoms with van der Waals surface area (Å²) < 4.78 is 5.26. The number of aromatic nitrogens is 2. The van der Waals surface area contributed by atoms with Crippen molar-refractivity contribution in [3.8, 4) is 0 Å². The van der Waals surface area contributed by atoms with Crippen LogP contribution in [-0.4, -0.2) is 29.2 Å². The summed E-state index contributed by atoms with van der Waals surface area (Å²) in [5.41, 5.74) is 1.30. The van der Waals surface area contributed by atoms with E-state index in [1.54, 1.807) is 11.3 Å². The third-order valence-electron chi connectivity index (χ3n) is 3.55. The summed E-state index contributed by atoms with van der Waals surface area (Å²) in [7, 11) is 0. The molecule has 0 spiro atoms. The number of thiophene rings is 1. The van der Waals surface area contributed by atoms with Crippen molar-refractivity contribution >= 4 is 41.3 Å². The van der Waals surface area contributed by atoms with Gasteiger partial charge in [-0.25, -0.2) is 4.99 Å². The van der Waals surface area contributed by atoms with Gasteiger partial charge in [-0.15, -0.1) is 35.3 Å². The van der Waals surface area contributed by atoms with Crippen LogP contribution >= 0.6 is 35.3 Å². The van der Waals surface area contributed by atoms with Crippen LogP contribution in [0.5, 0.6) is 0 Å². The highest BCUT2D eigenvalue weighted by molar-refractivity contribution is 14.0. The first-order chi connectivity index (χ1) is 11.6. The molecule has 0 amide bonds. The lowest BCUT2D eigenvalue weighted by Crippen LogP contribution is -2.37. The van der Waals surface area contributed by atoms with Crippen molar-refractivity contribution in [3.63, 3.8) is 0 Å². The summed E-state index contributed by atoms with van der Waals surface area (Å²) in [4.78, 5) is 10.3. The molecule has 0 unspecified atom stereocenters. The smallest absolute Gasteiger partial charge is 0.226 e. The van der Waals surface area contributed by atoms with Crippen molar-refractivity contribution in [2.45, 2.75) is 53.0 Å². The average Bonchev–Trinajstić information content (AvgIpc) is 3.18. The van der Waals surface area contributed by atoms with Gasteiger partial charge in [-0.1, -0.05) is 19.0 Å². The van der Waals surface area contributed by atoms with Crippen LogP contribution < -0.4 is 10.6 Å². The lowest BCUT2D eigenvalue weighted by atomic mass is 10.2. The van der Waals surface area contributed by atoms with Gasteiger partial charge in [0, 0.05) is 30.3 Å². The number of rotatable bonds is 8. The Hall–Kier alpha value is -1.16. The molecule has 0 atom stereocenters. The van der Waals surface area contributed by atoms with Crippen LogP contribution in [0.15, 0.2) is 21.0 Å². The lowest BCUT2D eigenvalue weighted by molar-refractivity contribution is 0.368. The van der Waals surface area contributed by atoms with Gasteiger partial charge < -0.3 is 15.2 Å². The van der Waals surface area contributed by atoms with Crippen LogP contribution in [0, 0.1) is 6.92 Å². The fraction of sp³-hybridized carbons (Fsp3) is 0.588. The Morgan fingerprint density at radius 3 is 2.76 bits per heavy atom. The Morgan fingerprint density at radius 1 is 1.36 bits per heavy atom. The molecule has 0 aliphatic carbocycles. The molecule has 0 fully saturated rings. The molecule has 0 saturated heterocycles. The molecule has 25 heavy (non-hydrogen) atoms. The summed E-state index contributed by atoms with van der Waals surface area (Å²) in [5, 5.41) is 12.7. The molecule has 2 heterocycles. The van der Waals surface area contributed by atoms with Crippen molar-refractivity contribution < 1.29 is 4.52 Å². The number of hydrogen-bond donors (Lipinski definition) is 2. The molecule has 6 nitrogen and oxygen atoms in total. The van der Waals surface area contributed by atoms with Crippen molar-refractivity contribution in [3.05, 3.63) is 33.6 Å². The summed E-state index contributed by atoms with van der Waals surface area (Å²) in [6, 6.07) is 2.13. The third-order valence-corrected chi connectivity index (χ3v) is 4.56. The Bertz CT molecular complexity index is 653. The fourth-order valence-corrected chi connectivity index (χ4v) is 2.94. The van der Waals surface area contributed by atoms with Gasteiger partial charge >= 0.3 is 0 Å². The topological polar surface area (TPSA) is 75.3 Å². The molecule has 0 aliphatic heterocycles. The molecule has 0 aromatic carbocycles. The van der Waals surface area contributed by atoms with E-state index < -0.39 is 0 Å². The van der Waals surface area contributed by atoms with E-state index in [9.17, 15) is 0 Å². The summed E-state index contributed by atoms with van der Waals surface area (Å²) >= 11 is 1.75. The molecule has 0 aliphatic rings. The summed E-state index contributed by atoms with van der Waals surface area (Å²) in [6.07, 6.45) is 1.69. The minimum absolute atomic E-state index is 0. The standard InChI is InChI=1S/C17H27N5OS.HI/c1-5-18-17(20-11-14-13(4)8-10-24-14)19-9-6-7-15-21-16(12(2)3)22-23-15;/h8,10,12H,5-7,9,11H2,1-4H3,(H2,18,19,20);1H. The maximum atomic E-state index is 5.26. The van der Waals surface area contributed by atoms with Crippen LogP contribution in [0.4, 0.5) is 0 Å². The van der Waals surface area contributed by atoms with Crippen molar-refractivity contribution in [2.75, 3.05) is 13.1 Å². The number of nitrogens with one attached hydrogen (secondary N) is 2. The first-order valence-corrected chi connectivity index (χ1v) is 9.35. The van der Waals surface area contributed by atoms with Crippen molar-refractivity contribution in [2.24, 2.45) is 4.99 Å². The first kappa shape index (κ1) is 21.9. The van der Waals surface area contributed by atoms with Crippen LogP contribution in [0.1, 0.15) is 55.3 Å². The number of nitrogens with zero attached hydrogens (tertiary/aromatic N) is 3. The van der Waals surface area contributed by atoms with Crippen LogP contribution in [-0.2, 0) is 13.0 Å². The number of halogens is 1. The van der Waals surface area contributed by atoms with Crippen molar-refractivity contribution in [1.29, 1.82) is 0 Å². The number of guanidine groups is 1. The van der Waals surface area contributed by atoms with E-state index in [0.29, 0.717) is 18.4 Å². The van der Waals surface area contributed by atoms with Gasteiger partial charge in [0.2, 0.25) is 5.89 Å². The van der Waals surface area contributed by atoms with Gasteiger partial charge in [0.25, 0.3) is 0 Å². The molecular formula is C17H28IN5OS. The van der Waals surface area contributed by atoms with E-state index in [2.05, 4.69) is 64.9 Å². The molecule has 140 valence electrons. The summed E-state index contributed by atoms with van der Waals surface area (Å²) in [5.74, 6) is 2.63. The van der Waals surface area contributed by atoms with Crippen molar-refractivity contribution in [1.82, 2.24) is 20.8 Å². The van der Waals surface area contributed by atoms with E-state index in [1.165, 1.54) is 10.4 Å². The average molecular weight is 477 g/mol. The number of aryl methyl sites for hydroxylation is 2. The van der Waals surface area contributed by atoms with Gasteiger partial charge in [-0.05, 0) is 37.3 Å². The van der Waals surface area contributed by atoms with Gasteiger partial charge in [-0.3, -0.25) is 0 Å². The second kappa shape index (κ2) is 11.5. The zero-order valence-corrected chi connectivity index (χ0v) is 18.5. The van der Waals surface area contributed by atoms with Gasteiger partial charge in [0.05, 0.1) is 6.54 Å². The molecular weight excluding hydrogens is 449 g/mol. The number of aliphatic imine (C=N–C) groups is 1. The Labute approximate surface area is 170 Å². The predicted molar refractivity (Wildman–Crippen MR) is 114 cm³/mol. The van der Waals surface area contributed by atoms with E-state index >= 15 is 0 Å². The van der Waals surface area contributed by atoms with Crippen LogP contribution in [0.25, 0.3) is 0 Å². The zero-order chi connectivity index (χ0) is 17.4. The minimum Gasteiger partial charge on any atom is -0.357 e. The highest BCUT2D eigenvalue weighted by atomic mass is 127. The molecule has 2 rings (SSSR count). The molecule has 0 saturated carbocycles. The summed E-state index contributed by atoms with van der Waals surface area (Å²) in [6.45, 7) is 10.7. The van der Waals surface area contributed by atoms with Gasteiger partial charge in [0.1, 0.15) is 0 Å². The largest absolute Gasteiger partial charge is 0.357 e. The Kier molecular flexibility index (Phi) is 10.0. The maximum Gasteiger partial charge on any atom is 0.226 e. The quantitative estimate of drug-likeness (QED) is 0.261. The molecule has 2 aromatic rings. The molecule has 0 radical (unpaired) electrons. The third kappa shape index (κ3) is 7.31. The first-order valence-electron chi connectivity index (χ1n) is 8.47. The van der Waals surface area contributed by atoms with E-state index in [1.807, 2.05) is 0 Å². The highest BCUT2D eigenvalue weighted by Gasteiger charge is 2.09. The van der Waals surface area contributed by atoms with E-state index in [-0.39, 0.29) is 24.0 Å². The van der Waals surface area contributed by atoms with Gasteiger partial charge in [0.15, 0.2) is 11.8 Å². The zero-order valence-electron chi connectivity index (χ0n) is 15.3. The molecule has 2 aromatic heterocycles. The normalized spacial score (nSPS) is 11.5.